The van der Waals surface area contributed by atoms with E-state index in [1.54, 1.807) is 18.2 Å². The van der Waals surface area contributed by atoms with Gasteiger partial charge in [0.2, 0.25) is 11.8 Å². The van der Waals surface area contributed by atoms with Gasteiger partial charge >= 0.3 is 0 Å². The molecule has 0 aliphatic carbocycles. The van der Waals surface area contributed by atoms with E-state index in [-0.39, 0.29) is 18.4 Å². The maximum Gasteiger partial charge on any atom is 0.246 e. The SMILES string of the molecule is Cc1ccc(C2=NN(CC(=O)Nc3ccc4c(c3)OCCO4)C(=O)CC2)cc1. The first-order chi connectivity index (χ1) is 13.6. The molecule has 0 saturated carbocycles. The van der Waals surface area contributed by atoms with Gasteiger partial charge in [-0.2, -0.15) is 5.10 Å². The van der Waals surface area contributed by atoms with E-state index in [1.165, 1.54) is 5.01 Å². The number of hydrogen-bond acceptors (Lipinski definition) is 5. The molecule has 1 N–H and O–H groups in total. The normalized spacial score (nSPS) is 15.8. The first kappa shape index (κ1) is 18.0. The van der Waals surface area contributed by atoms with Crippen LogP contribution in [-0.2, 0) is 9.59 Å². The molecule has 2 heterocycles. The van der Waals surface area contributed by atoms with Crippen LogP contribution in [0, 0.1) is 6.92 Å². The van der Waals surface area contributed by atoms with E-state index in [4.69, 9.17) is 9.47 Å². The van der Waals surface area contributed by atoms with Crippen LogP contribution in [0.1, 0.15) is 24.0 Å². The molecule has 0 unspecified atom stereocenters. The van der Waals surface area contributed by atoms with Crippen LogP contribution in [0.3, 0.4) is 0 Å². The van der Waals surface area contributed by atoms with E-state index in [9.17, 15) is 9.59 Å². The van der Waals surface area contributed by atoms with Crippen molar-refractivity contribution < 1.29 is 19.1 Å². The molecule has 0 spiro atoms. The summed E-state index contributed by atoms with van der Waals surface area (Å²) < 4.78 is 11.0. The zero-order valence-corrected chi connectivity index (χ0v) is 15.6. The van der Waals surface area contributed by atoms with Crippen molar-refractivity contribution in [2.24, 2.45) is 5.10 Å². The minimum absolute atomic E-state index is 0.136. The molecule has 0 radical (unpaired) electrons. The molecule has 7 heteroatoms. The van der Waals surface area contributed by atoms with Crippen molar-refractivity contribution in [3.8, 4) is 11.5 Å². The number of hydrogen-bond donors (Lipinski definition) is 1. The standard InChI is InChI=1S/C21H21N3O4/c1-14-2-4-15(5-3-14)17-7-9-21(26)24(23-17)13-20(25)22-16-6-8-18-19(12-16)28-11-10-27-18/h2-6,8,12H,7,9-11,13H2,1H3,(H,22,25). The molecule has 144 valence electrons. The summed E-state index contributed by atoms with van der Waals surface area (Å²) in [7, 11) is 0. The minimum Gasteiger partial charge on any atom is -0.486 e. The Balaban J connectivity index is 1.44. The number of nitrogens with zero attached hydrogens (tertiary/aromatic N) is 2. The second-order valence-corrected chi connectivity index (χ2v) is 6.77. The van der Waals surface area contributed by atoms with Crippen LogP contribution in [0.15, 0.2) is 47.6 Å². The van der Waals surface area contributed by atoms with E-state index in [1.807, 2.05) is 31.2 Å². The number of carbonyl (C=O) groups is 2. The molecule has 0 atom stereocenters. The van der Waals surface area contributed by atoms with Crippen LogP contribution in [0.2, 0.25) is 0 Å². The molecule has 0 bridgehead atoms. The molecule has 0 fully saturated rings. The fraction of sp³-hybridized carbons (Fsp3) is 0.286. The first-order valence-corrected chi connectivity index (χ1v) is 9.23. The lowest BCUT2D eigenvalue weighted by molar-refractivity contribution is -0.135. The predicted molar refractivity (Wildman–Crippen MR) is 105 cm³/mol. The van der Waals surface area contributed by atoms with Gasteiger partial charge in [0.05, 0.1) is 5.71 Å². The summed E-state index contributed by atoms with van der Waals surface area (Å²) >= 11 is 0. The highest BCUT2D eigenvalue weighted by Crippen LogP contribution is 2.32. The molecule has 4 rings (SSSR count). The molecule has 0 aromatic heterocycles. The average molecular weight is 379 g/mol. The number of amides is 2. The van der Waals surface area contributed by atoms with Gasteiger partial charge in [-0.3, -0.25) is 9.59 Å². The Bertz CT molecular complexity index is 937. The van der Waals surface area contributed by atoms with Gasteiger partial charge in [-0.1, -0.05) is 29.8 Å². The van der Waals surface area contributed by atoms with Gasteiger partial charge in [0.25, 0.3) is 0 Å². The number of carbonyl (C=O) groups excluding carboxylic acids is 2. The van der Waals surface area contributed by atoms with Crippen molar-refractivity contribution in [3.05, 3.63) is 53.6 Å². The molecule has 2 aliphatic heterocycles. The van der Waals surface area contributed by atoms with Crippen molar-refractivity contribution in [2.45, 2.75) is 19.8 Å². The molecular formula is C21H21N3O4. The van der Waals surface area contributed by atoms with E-state index in [2.05, 4.69) is 10.4 Å². The number of rotatable bonds is 4. The highest BCUT2D eigenvalue weighted by atomic mass is 16.6. The fourth-order valence-electron chi connectivity index (χ4n) is 3.14. The van der Waals surface area contributed by atoms with E-state index in [0.717, 1.165) is 16.8 Å². The largest absolute Gasteiger partial charge is 0.486 e. The van der Waals surface area contributed by atoms with Crippen LogP contribution >= 0.6 is 0 Å². The zero-order chi connectivity index (χ0) is 19.5. The van der Waals surface area contributed by atoms with Gasteiger partial charge in [-0.05, 0) is 24.6 Å². The molecule has 0 saturated heterocycles. The van der Waals surface area contributed by atoms with Crippen LogP contribution in [-0.4, -0.2) is 42.3 Å². The van der Waals surface area contributed by atoms with E-state index < -0.39 is 0 Å². The zero-order valence-electron chi connectivity index (χ0n) is 15.6. The van der Waals surface area contributed by atoms with Crippen molar-refractivity contribution in [1.82, 2.24) is 5.01 Å². The van der Waals surface area contributed by atoms with Crippen molar-refractivity contribution in [1.29, 1.82) is 0 Å². The summed E-state index contributed by atoms with van der Waals surface area (Å²) in [5, 5.41) is 8.44. The Morgan fingerprint density at radius 1 is 1.07 bits per heavy atom. The number of ether oxygens (including phenoxy) is 2. The maximum atomic E-state index is 12.4. The third kappa shape index (κ3) is 3.98. The Labute approximate surface area is 162 Å². The summed E-state index contributed by atoms with van der Waals surface area (Å²) in [5.74, 6) is 0.771. The third-order valence-corrected chi connectivity index (χ3v) is 4.61. The van der Waals surface area contributed by atoms with Crippen LogP contribution in [0.4, 0.5) is 5.69 Å². The summed E-state index contributed by atoms with van der Waals surface area (Å²) in [6, 6.07) is 13.2. The van der Waals surface area contributed by atoms with Gasteiger partial charge in [-0.25, -0.2) is 5.01 Å². The molecule has 7 nitrogen and oxygen atoms in total. The fourth-order valence-corrected chi connectivity index (χ4v) is 3.14. The second-order valence-electron chi connectivity index (χ2n) is 6.77. The monoisotopic (exact) mass is 379 g/mol. The number of anilines is 1. The highest BCUT2D eigenvalue weighted by Gasteiger charge is 2.23. The van der Waals surface area contributed by atoms with E-state index in [0.29, 0.717) is 43.2 Å². The summed E-state index contributed by atoms with van der Waals surface area (Å²) in [6.45, 7) is 2.87. The topological polar surface area (TPSA) is 80.2 Å². The molecule has 2 aliphatic rings. The number of hydrazone groups is 1. The quantitative estimate of drug-likeness (QED) is 0.886. The number of benzene rings is 2. The summed E-state index contributed by atoms with van der Waals surface area (Å²) in [4.78, 5) is 24.6. The molecule has 2 aromatic carbocycles. The van der Waals surface area contributed by atoms with Crippen LogP contribution in [0.25, 0.3) is 0 Å². The lowest BCUT2D eigenvalue weighted by atomic mass is 10.0. The Kier molecular flexibility index (Phi) is 4.97. The van der Waals surface area contributed by atoms with Crippen LogP contribution in [0.5, 0.6) is 11.5 Å². The summed E-state index contributed by atoms with van der Waals surface area (Å²) in [5.41, 5.74) is 3.52. The smallest absolute Gasteiger partial charge is 0.246 e. The molecular weight excluding hydrogens is 358 g/mol. The minimum atomic E-state index is -0.320. The van der Waals surface area contributed by atoms with Crippen molar-refractivity contribution in [2.75, 3.05) is 25.1 Å². The van der Waals surface area contributed by atoms with Gasteiger partial charge in [0.1, 0.15) is 19.8 Å². The summed E-state index contributed by atoms with van der Waals surface area (Å²) in [6.07, 6.45) is 0.909. The highest BCUT2D eigenvalue weighted by molar-refractivity contribution is 6.05. The van der Waals surface area contributed by atoms with Crippen molar-refractivity contribution >= 4 is 23.2 Å². The predicted octanol–water partition coefficient (Wildman–Crippen LogP) is 2.73. The number of fused-ring (bicyclic) bond motifs is 1. The first-order valence-electron chi connectivity index (χ1n) is 9.23. The lowest BCUT2D eigenvalue weighted by Gasteiger charge is -2.23. The molecule has 2 amide bonds. The lowest BCUT2D eigenvalue weighted by Crippen LogP contribution is -2.37. The van der Waals surface area contributed by atoms with Gasteiger partial charge in [0, 0.05) is 24.6 Å². The molecule has 28 heavy (non-hydrogen) atoms. The third-order valence-electron chi connectivity index (χ3n) is 4.61. The van der Waals surface area contributed by atoms with Gasteiger partial charge < -0.3 is 14.8 Å². The Hall–Kier alpha value is -3.35. The Morgan fingerprint density at radius 2 is 1.82 bits per heavy atom. The van der Waals surface area contributed by atoms with Gasteiger partial charge in [0.15, 0.2) is 11.5 Å². The average Bonchev–Trinajstić information content (AvgIpc) is 2.70. The van der Waals surface area contributed by atoms with Crippen LogP contribution < -0.4 is 14.8 Å². The second kappa shape index (κ2) is 7.72. The Morgan fingerprint density at radius 3 is 2.61 bits per heavy atom. The maximum absolute atomic E-state index is 12.4. The van der Waals surface area contributed by atoms with Crippen molar-refractivity contribution in [3.63, 3.8) is 0 Å². The number of nitrogens with one attached hydrogen (secondary N) is 1. The molecule has 2 aromatic rings. The van der Waals surface area contributed by atoms with Gasteiger partial charge in [-0.15, -0.1) is 0 Å². The number of aryl methyl sites for hydroxylation is 1. The van der Waals surface area contributed by atoms with E-state index >= 15 is 0 Å².